The smallest absolute Gasteiger partial charge is 0.105 e. The summed E-state index contributed by atoms with van der Waals surface area (Å²) in [6.45, 7) is 2.05. The predicted molar refractivity (Wildman–Crippen MR) is 61.8 cm³/mol. The molecule has 1 N–H and O–H groups in total. The van der Waals surface area contributed by atoms with E-state index in [0.717, 1.165) is 11.7 Å². The topological polar surface area (TPSA) is 25.2 Å². The predicted octanol–water partition coefficient (Wildman–Crippen LogP) is 3.43. The van der Waals surface area contributed by atoms with E-state index < -0.39 is 0 Å². The van der Waals surface area contributed by atoms with E-state index in [1.807, 2.05) is 14.0 Å². The molecule has 0 aliphatic heterocycles. The number of rotatable bonds is 4. The van der Waals surface area contributed by atoms with Gasteiger partial charge >= 0.3 is 0 Å². The van der Waals surface area contributed by atoms with Gasteiger partial charge in [0.25, 0.3) is 0 Å². The summed E-state index contributed by atoms with van der Waals surface area (Å²) >= 11 is 0. The normalized spacial score (nSPS) is 19.6. The number of nitrogens with one attached hydrogen (secondary N) is 1. The zero-order chi connectivity index (χ0) is 10.7. The zero-order valence-electron chi connectivity index (χ0n) is 9.75. The van der Waals surface area contributed by atoms with Crippen LogP contribution in [0.15, 0.2) is 16.7 Å². The molecule has 2 rings (SSSR count). The molecule has 0 radical (unpaired) electrons. The van der Waals surface area contributed by atoms with E-state index in [9.17, 15) is 0 Å². The van der Waals surface area contributed by atoms with Crippen molar-refractivity contribution in [2.24, 2.45) is 5.92 Å². The standard InChI is InChI=1S/C13H21NO/c1-10-12(7-8-15-10)13(14-2)9-11-5-3-4-6-11/h7-8,11,13-14H,3-6,9H2,1-2H3. The second-order valence-electron chi connectivity index (χ2n) is 4.66. The summed E-state index contributed by atoms with van der Waals surface area (Å²) in [5, 5.41) is 3.41. The molecule has 0 bridgehead atoms. The van der Waals surface area contributed by atoms with Crippen LogP contribution in [0.2, 0.25) is 0 Å². The molecule has 1 aliphatic carbocycles. The fraction of sp³-hybridized carbons (Fsp3) is 0.692. The summed E-state index contributed by atoms with van der Waals surface area (Å²) in [6.07, 6.45) is 8.72. The van der Waals surface area contributed by atoms with Crippen LogP contribution in [0.5, 0.6) is 0 Å². The highest BCUT2D eigenvalue weighted by Gasteiger charge is 2.21. The lowest BCUT2D eigenvalue weighted by molar-refractivity contribution is 0.407. The van der Waals surface area contributed by atoms with Gasteiger partial charge in [0.2, 0.25) is 0 Å². The van der Waals surface area contributed by atoms with Gasteiger partial charge in [0.1, 0.15) is 5.76 Å². The minimum Gasteiger partial charge on any atom is -0.469 e. The second kappa shape index (κ2) is 4.84. The third-order valence-corrected chi connectivity index (χ3v) is 3.67. The average molecular weight is 207 g/mol. The lowest BCUT2D eigenvalue weighted by Crippen LogP contribution is -2.19. The SMILES string of the molecule is CNC(CC1CCCC1)c1ccoc1C. The first-order chi connectivity index (χ1) is 7.31. The van der Waals surface area contributed by atoms with Gasteiger partial charge < -0.3 is 9.73 Å². The van der Waals surface area contributed by atoms with E-state index in [0.29, 0.717) is 6.04 Å². The Morgan fingerprint density at radius 2 is 2.20 bits per heavy atom. The number of aryl methyl sites for hydroxylation is 1. The molecule has 2 heteroatoms. The van der Waals surface area contributed by atoms with Gasteiger partial charge in [-0.25, -0.2) is 0 Å². The lowest BCUT2D eigenvalue weighted by atomic mass is 9.94. The molecule has 0 aromatic carbocycles. The number of hydrogen-bond donors (Lipinski definition) is 1. The van der Waals surface area contributed by atoms with E-state index >= 15 is 0 Å². The first kappa shape index (κ1) is 10.7. The Balaban J connectivity index is 2.00. The van der Waals surface area contributed by atoms with E-state index in [1.54, 1.807) is 6.26 Å². The highest BCUT2D eigenvalue weighted by molar-refractivity contribution is 5.20. The first-order valence-corrected chi connectivity index (χ1v) is 6.02. The van der Waals surface area contributed by atoms with Crippen molar-refractivity contribution < 1.29 is 4.42 Å². The molecule has 1 aliphatic rings. The summed E-state index contributed by atoms with van der Waals surface area (Å²) in [6, 6.07) is 2.58. The fourth-order valence-corrected chi connectivity index (χ4v) is 2.74. The van der Waals surface area contributed by atoms with Crippen molar-refractivity contribution >= 4 is 0 Å². The zero-order valence-corrected chi connectivity index (χ0v) is 9.75. The van der Waals surface area contributed by atoms with Crippen molar-refractivity contribution in [1.82, 2.24) is 5.32 Å². The summed E-state index contributed by atoms with van der Waals surface area (Å²) < 4.78 is 5.37. The second-order valence-corrected chi connectivity index (χ2v) is 4.66. The van der Waals surface area contributed by atoms with E-state index in [-0.39, 0.29) is 0 Å². The summed E-state index contributed by atoms with van der Waals surface area (Å²) in [5.74, 6) is 1.98. The highest BCUT2D eigenvalue weighted by Crippen LogP contribution is 2.33. The summed E-state index contributed by atoms with van der Waals surface area (Å²) in [5.41, 5.74) is 1.34. The quantitative estimate of drug-likeness (QED) is 0.818. The molecule has 1 saturated carbocycles. The summed E-state index contributed by atoms with van der Waals surface area (Å²) in [7, 11) is 2.05. The van der Waals surface area contributed by atoms with Crippen molar-refractivity contribution in [3.8, 4) is 0 Å². The lowest BCUT2D eigenvalue weighted by Gasteiger charge is -2.19. The van der Waals surface area contributed by atoms with E-state index in [4.69, 9.17) is 4.42 Å². The van der Waals surface area contributed by atoms with Gasteiger partial charge in [-0.15, -0.1) is 0 Å². The molecule has 0 saturated heterocycles. The van der Waals surface area contributed by atoms with Crippen molar-refractivity contribution in [3.63, 3.8) is 0 Å². The largest absolute Gasteiger partial charge is 0.469 e. The van der Waals surface area contributed by atoms with Crippen molar-refractivity contribution in [2.75, 3.05) is 7.05 Å². The molecule has 84 valence electrons. The van der Waals surface area contributed by atoms with Crippen LogP contribution >= 0.6 is 0 Å². The molecule has 1 aromatic heterocycles. The molecular formula is C13H21NO. The monoisotopic (exact) mass is 207 g/mol. The molecule has 1 aromatic rings. The minimum atomic E-state index is 0.479. The molecule has 1 atom stereocenters. The molecule has 1 unspecified atom stereocenters. The van der Waals surface area contributed by atoms with Gasteiger partial charge in [-0.3, -0.25) is 0 Å². The van der Waals surface area contributed by atoms with Crippen LogP contribution in [0.1, 0.15) is 49.5 Å². The van der Waals surface area contributed by atoms with Gasteiger partial charge in [-0.1, -0.05) is 25.7 Å². The van der Waals surface area contributed by atoms with Crippen LogP contribution in [0.4, 0.5) is 0 Å². The molecular weight excluding hydrogens is 186 g/mol. The van der Waals surface area contributed by atoms with E-state index in [2.05, 4.69) is 11.4 Å². The van der Waals surface area contributed by atoms with Gasteiger partial charge in [-0.05, 0) is 32.4 Å². The molecule has 2 nitrogen and oxygen atoms in total. The average Bonchev–Trinajstić information content (AvgIpc) is 2.85. The first-order valence-electron chi connectivity index (χ1n) is 6.02. The number of hydrogen-bond acceptors (Lipinski definition) is 2. The third-order valence-electron chi connectivity index (χ3n) is 3.67. The van der Waals surface area contributed by atoms with Gasteiger partial charge in [-0.2, -0.15) is 0 Å². The maximum Gasteiger partial charge on any atom is 0.105 e. The van der Waals surface area contributed by atoms with Crippen molar-refractivity contribution in [3.05, 3.63) is 23.7 Å². The van der Waals surface area contributed by atoms with Crippen LogP contribution < -0.4 is 5.32 Å². The van der Waals surface area contributed by atoms with Crippen LogP contribution in [-0.4, -0.2) is 7.05 Å². The Morgan fingerprint density at radius 1 is 1.47 bits per heavy atom. The Labute approximate surface area is 92.1 Å². The Hall–Kier alpha value is -0.760. The minimum absolute atomic E-state index is 0.479. The molecule has 0 amide bonds. The molecule has 0 spiro atoms. The highest BCUT2D eigenvalue weighted by atomic mass is 16.3. The number of furan rings is 1. The van der Waals surface area contributed by atoms with Crippen molar-refractivity contribution in [1.29, 1.82) is 0 Å². The third kappa shape index (κ3) is 2.43. The van der Waals surface area contributed by atoms with Crippen LogP contribution in [0, 0.1) is 12.8 Å². The molecule has 1 fully saturated rings. The van der Waals surface area contributed by atoms with Gasteiger partial charge in [0.15, 0.2) is 0 Å². The van der Waals surface area contributed by atoms with E-state index in [1.165, 1.54) is 37.7 Å². The molecule has 1 heterocycles. The van der Waals surface area contributed by atoms with Crippen LogP contribution in [-0.2, 0) is 0 Å². The maximum absolute atomic E-state index is 5.37. The van der Waals surface area contributed by atoms with Crippen molar-refractivity contribution in [2.45, 2.75) is 45.1 Å². The van der Waals surface area contributed by atoms with Gasteiger partial charge in [0, 0.05) is 11.6 Å². The Morgan fingerprint density at radius 3 is 2.73 bits per heavy atom. The summed E-state index contributed by atoms with van der Waals surface area (Å²) in [4.78, 5) is 0. The van der Waals surface area contributed by atoms with Gasteiger partial charge in [0.05, 0.1) is 6.26 Å². The Bertz CT molecular complexity index is 299. The molecule has 15 heavy (non-hydrogen) atoms. The maximum atomic E-state index is 5.37. The Kier molecular flexibility index (Phi) is 3.47. The fourth-order valence-electron chi connectivity index (χ4n) is 2.74. The van der Waals surface area contributed by atoms with Crippen LogP contribution in [0.3, 0.4) is 0 Å². The van der Waals surface area contributed by atoms with Crippen LogP contribution in [0.25, 0.3) is 0 Å².